The van der Waals surface area contributed by atoms with E-state index in [2.05, 4.69) is 20.7 Å². The van der Waals surface area contributed by atoms with Crippen LogP contribution in [0.1, 0.15) is 31.0 Å². The van der Waals surface area contributed by atoms with Crippen molar-refractivity contribution in [3.63, 3.8) is 0 Å². The number of methoxy groups -OCH3 is 2. The molecule has 0 saturated heterocycles. The third kappa shape index (κ3) is 5.68. The van der Waals surface area contributed by atoms with Crippen LogP contribution in [0.5, 0.6) is 23.0 Å². The number of nitrogens with zero attached hydrogens (tertiary/aromatic N) is 3. The Morgan fingerprint density at radius 1 is 1.05 bits per heavy atom. The van der Waals surface area contributed by atoms with Gasteiger partial charge in [-0.2, -0.15) is 10.1 Å². The highest BCUT2D eigenvalue weighted by Gasteiger charge is 2.34. The highest BCUT2D eigenvalue weighted by atomic mass is 35.5. The van der Waals surface area contributed by atoms with E-state index >= 15 is 0 Å². The molecule has 0 unspecified atom stereocenters. The first-order valence-electron chi connectivity index (χ1n) is 13.1. The number of allylic oxidation sites excluding steroid dienone is 1. The van der Waals surface area contributed by atoms with E-state index in [-0.39, 0.29) is 12.4 Å². The zero-order valence-electron chi connectivity index (χ0n) is 23.4. The molecule has 218 valence electrons. The van der Waals surface area contributed by atoms with Crippen molar-refractivity contribution in [2.45, 2.75) is 26.5 Å². The van der Waals surface area contributed by atoms with Crippen molar-refractivity contribution in [3.8, 4) is 23.0 Å². The molecule has 3 aromatic carbocycles. The number of hydrogen-bond donors (Lipinski definition) is 2. The normalized spacial score (nSPS) is 14.1. The van der Waals surface area contributed by atoms with Gasteiger partial charge < -0.3 is 29.6 Å². The molecule has 12 heteroatoms. The molecule has 5 rings (SSSR count). The van der Waals surface area contributed by atoms with Crippen LogP contribution in [-0.2, 0) is 11.4 Å². The third-order valence-electron chi connectivity index (χ3n) is 6.69. The molecule has 1 amide bonds. The number of fused-ring (bicyclic) bond motifs is 1. The molecule has 0 aliphatic carbocycles. The Morgan fingerprint density at radius 3 is 2.57 bits per heavy atom. The lowest BCUT2D eigenvalue weighted by Gasteiger charge is -2.29. The maximum Gasteiger partial charge on any atom is 0.255 e. The average Bonchev–Trinajstić information content (AvgIpc) is 3.45. The molecule has 2 N–H and O–H groups in total. The molecule has 0 fully saturated rings. The Labute approximate surface area is 247 Å². The second kappa shape index (κ2) is 12.4. The number of halogens is 2. The van der Waals surface area contributed by atoms with Crippen molar-refractivity contribution < 1.29 is 28.1 Å². The molecule has 0 bridgehead atoms. The molecule has 1 aliphatic rings. The predicted octanol–water partition coefficient (Wildman–Crippen LogP) is 5.99. The molecule has 4 aromatic rings. The minimum absolute atomic E-state index is 0.0196. The van der Waals surface area contributed by atoms with Crippen LogP contribution < -0.4 is 29.6 Å². The molecule has 0 spiro atoms. The highest BCUT2D eigenvalue weighted by Crippen LogP contribution is 2.41. The number of amides is 1. The van der Waals surface area contributed by atoms with Crippen LogP contribution in [-0.4, -0.2) is 41.5 Å². The number of carbonyl (C=O) groups excluding carboxylic acids is 1. The number of aromatic nitrogens is 3. The summed E-state index contributed by atoms with van der Waals surface area (Å²) in [5.74, 6) is 1.32. The van der Waals surface area contributed by atoms with Gasteiger partial charge in [-0.3, -0.25) is 4.79 Å². The Bertz CT molecular complexity index is 1660. The number of carbonyl (C=O) groups is 1. The van der Waals surface area contributed by atoms with Gasteiger partial charge in [0.15, 0.2) is 11.5 Å². The van der Waals surface area contributed by atoms with Gasteiger partial charge >= 0.3 is 0 Å². The van der Waals surface area contributed by atoms with Crippen LogP contribution in [0.4, 0.5) is 16.0 Å². The summed E-state index contributed by atoms with van der Waals surface area (Å²) in [4.78, 5) is 18.2. The Kier molecular flexibility index (Phi) is 8.48. The van der Waals surface area contributed by atoms with Crippen molar-refractivity contribution in [3.05, 3.63) is 94.2 Å². The minimum Gasteiger partial charge on any atom is -0.495 e. The second-order valence-electron chi connectivity index (χ2n) is 9.25. The van der Waals surface area contributed by atoms with Crippen LogP contribution in [0.25, 0.3) is 0 Å². The van der Waals surface area contributed by atoms with Gasteiger partial charge in [-0.15, -0.1) is 0 Å². The van der Waals surface area contributed by atoms with Gasteiger partial charge in [-0.05, 0) is 37.6 Å². The van der Waals surface area contributed by atoms with Crippen LogP contribution in [0, 0.1) is 5.82 Å². The van der Waals surface area contributed by atoms with Crippen LogP contribution in [0.2, 0.25) is 5.02 Å². The van der Waals surface area contributed by atoms with Gasteiger partial charge in [-0.1, -0.05) is 35.9 Å². The largest absolute Gasteiger partial charge is 0.495 e. The fourth-order valence-electron chi connectivity index (χ4n) is 4.69. The summed E-state index contributed by atoms with van der Waals surface area (Å²) in [7, 11) is 2.97. The molecule has 10 nitrogen and oxygen atoms in total. The van der Waals surface area contributed by atoms with Crippen LogP contribution in [0.15, 0.2) is 72.2 Å². The van der Waals surface area contributed by atoms with Gasteiger partial charge in [0.05, 0.1) is 37.1 Å². The molecular formula is C30H29ClFN5O5. The number of benzene rings is 3. The summed E-state index contributed by atoms with van der Waals surface area (Å²) < 4.78 is 38.4. The Balaban J connectivity index is 1.51. The zero-order chi connectivity index (χ0) is 29.8. The number of rotatable bonds is 10. The van der Waals surface area contributed by atoms with Gasteiger partial charge in [0, 0.05) is 23.4 Å². The standard InChI is InChI=1S/C30H29ClFN5O5/c1-5-41-26-12-18(10-11-23(26)42-15-19-8-6-7-9-21(19)32)28-27(17(2)35-30-33-16-34-37(28)30)29(38)36-22-14-24(39-3)20(31)13-25(22)40-4/h6-14,16,28H,5,15H2,1-4H3,(H,36,38)(H,33,34,35)/t28-/m0/s1. The van der Waals surface area contributed by atoms with Crippen molar-refractivity contribution >= 4 is 29.1 Å². The van der Waals surface area contributed by atoms with E-state index in [1.54, 1.807) is 54.1 Å². The monoisotopic (exact) mass is 593 g/mol. The first kappa shape index (κ1) is 28.7. The summed E-state index contributed by atoms with van der Waals surface area (Å²) in [5.41, 5.74) is 2.44. The first-order chi connectivity index (χ1) is 20.3. The Morgan fingerprint density at radius 2 is 1.83 bits per heavy atom. The molecule has 0 saturated carbocycles. The van der Waals surface area contributed by atoms with Gasteiger partial charge in [0.2, 0.25) is 5.95 Å². The van der Waals surface area contributed by atoms with E-state index in [0.29, 0.717) is 68.7 Å². The van der Waals surface area contributed by atoms with Gasteiger partial charge in [0.25, 0.3) is 5.91 Å². The number of hydrogen-bond acceptors (Lipinski definition) is 8. The molecule has 42 heavy (non-hydrogen) atoms. The summed E-state index contributed by atoms with van der Waals surface area (Å²) in [6.45, 7) is 4.02. The van der Waals surface area contributed by atoms with Crippen molar-refractivity contribution in [1.29, 1.82) is 0 Å². The number of nitrogens with one attached hydrogen (secondary N) is 2. The number of anilines is 2. The number of ether oxygens (including phenoxy) is 4. The fourth-order valence-corrected chi connectivity index (χ4v) is 4.93. The maximum absolute atomic E-state index is 14.2. The summed E-state index contributed by atoms with van der Waals surface area (Å²) in [6.07, 6.45) is 1.41. The molecule has 1 aromatic heterocycles. The fraction of sp³-hybridized carbons (Fsp3) is 0.233. The van der Waals surface area contributed by atoms with Gasteiger partial charge in [-0.25, -0.2) is 9.07 Å². The summed E-state index contributed by atoms with van der Waals surface area (Å²) in [5, 5.41) is 10.8. The molecule has 0 radical (unpaired) electrons. The zero-order valence-corrected chi connectivity index (χ0v) is 24.2. The Hall–Kier alpha value is -4.77. The van der Waals surface area contributed by atoms with Crippen LogP contribution >= 0.6 is 11.6 Å². The van der Waals surface area contributed by atoms with Crippen molar-refractivity contribution in [1.82, 2.24) is 14.8 Å². The van der Waals surface area contributed by atoms with E-state index in [9.17, 15) is 9.18 Å². The summed E-state index contributed by atoms with van der Waals surface area (Å²) in [6, 6.07) is 14.2. The predicted molar refractivity (Wildman–Crippen MR) is 156 cm³/mol. The maximum atomic E-state index is 14.2. The smallest absolute Gasteiger partial charge is 0.255 e. The molecule has 1 aliphatic heterocycles. The van der Waals surface area contributed by atoms with E-state index < -0.39 is 11.9 Å². The molecule has 2 heterocycles. The highest BCUT2D eigenvalue weighted by molar-refractivity contribution is 6.32. The second-order valence-corrected chi connectivity index (χ2v) is 9.66. The van der Waals surface area contributed by atoms with E-state index in [1.807, 2.05) is 13.0 Å². The van der Waals surface area contributed by atoms with Gasteiger partial charge in [0.1, 0.15) is 36.3 Å². The molecule has 1 atom stereocenters. The van der Waals surface area contributed by atoms with Crippen molar-refractivity contribution in [2.75, 3.05) is 31.5 Å². The quantitative estimate of drug-likeness (QED) is 0.231. The lowest BCUT2D eigenvalue weighted by Crippen LogP contribution is -2.31. The minimum atomic E-state index is -0.677. The first-order valence-corrected chi connectivity index (χ1v) is 13.5. The van der Waals surface area contributed by atoms with E-state index in [4.69, 9.17) is 30.5 Å². The average molecular weight is 594 g/mol. The molecular weight excluding hydrogens is 565 g/mol. The lowest BCUT2D eigenvalue weighted by molar-refractivity contribution is -0.113. The van der Waals surface area contributed by atoms with Crippen LogP contribution in [0.3, 0.4) is 0 Å². The topological polar surface area (TPSA) is 109 Å². The van der Waals surface area contributed by atoms with E-state index in [0.717, 1.165) is 0 Å². The van der Waals surface area contributed by atoms with E-state index in [1.165, 1.54) is 26.6 Å². The summed E-state index contributed by atoms with van der Waals surface area (Å²) >= 11 is 6.26. The lowest BCUT2D eigenvalue weighted by atomic mass is 9.94. The third-order valence-corrected chi connectivity index (χ3v) is 6.98. The van der Waals surface area contributed by atoms with Crippen molar-refractivity contribution in [2.24, 2.45) is 0 Å². The SMILES string of the molecule is CCOc1cc([C@H]2C(C(=O)Nc3cc(OC)c(Cl)cc3OC)=C(C)Nc3ncnn32)ccc1OCc1ccccc1F.